The van der Waals surface area contributed by atoms with E-state index in [1.807, 2.05) is 61.5 Å². The average Bonchev–Trinajstić information content (AvgIpc) is 3.20. The van der Waals surface area contributed by atoms with Crippen molar-refractivity contribution in [3.8, 4) is 11.1 Å². The molecule has 3 saturated carbocycles. The van der Waals surface area contributed by atoms with Crippen molar-refractivity contribution in [1.82, 2.24) is 5.32 Å². The number of nitrogens with one attached hydrogen (secondary N) is 1. The fourth-order valence-corrected chi connectivity index (χ4v) is 6.77. The van der Waals surface area contributed by atoms with E-state index in [0.717, 1.165) is 16.7 Å². The molecule has 7 rings (SSSR count). The highest BCUT2D eigenvalue weighted by Crippen LogP contribution is 2.75. The van der Waals surface area contributed by atoms with Gasteiger partial charge in [-0.3, -0.25) is 4.79 Å². The number of carboxylic acid groups (broad SMARTS) is 1. The summed E-state index contributed by atoms with van der Waals surface area (Å²) < 4.78 is 11.2. The molecule has 4 aliphatic rings. The van der Waals surface area contributed by atoms with Gasteiger partial charge < -0.3 is 19.9 Å². The predicted molar refractivity (Wildman–Crippen MR) is 144 cm³/mol. The molecule has 0 unspecified atom stereocenters. The summed E-state index contributed by atoms with van der Waals surface area (Å²) in [6.45, 7) is 2.18. The normalized spacial score (nSPS) is 23.7. The Kier molecular flexibility index (Phi) is 6.17. The molecule has 0 aromatic heterocycles. The Bertz CT molecular complexity index is 1370. The molecule has 7 heteroatoms. The highest BCUT2D eigenvalue weighted by Gasteiger charge is 2.74. The molecule has 2 atom stereocenters. The van der Waals surface area contributed by atoms with Crippen LogP contribution in [0.2, 0.25) is 0 Å². The van der Waals surface area contributed by atoms with E-state index in [9.17, 15) is 19.5 Å². The van der Waals surface area contributed by atoms with E-state index in [2.05, 4.69) is 29.6 Å². The number of rotatable bonds is 9. The standard InChI is InChI=1S/C32H31NO6/c1-20(33-30(37)38-16-26-24-13-7-5-11-22(24)23-12-6-8-14-25(23)26)31-17-32(18-31,19-31)29(36)39-27(28(34)35)15-21-9-3-2-4-10-21/h2-14,20,26-27H,15-19H2,1H3,(H,33,37)(H,34,35)/t20-,27+,31?,32?/m1/s1. The third-order valence-corrected chi connectivity index (χ3v) is 8.89. The number of alkyl carbamates (subject to hydrolysis) is 1. The maximum absolute atomic E-state index is 12.9. The molecule has 3 aromatic carbocycles. The average molecular weight is 526 g/mol. The number of amides is 1. The van der Waals surface area contributed by atoms with Crippen LogP contribution in [0.25, 0.3) is 11.1 Å². The number of esters is 1. The van der Waals surface area contributed by atoms with Crippen molar-refractivity contribution in [2.24, 2.45) is 10.8 Å². The van der Waals surface area contributed by atoms with Crippen LogP contribution in [0.1, 0.15) is 48.8 Å². The van der Waals surface area contributed by atoms with Crippen LogP contribution in [0.5, 0.6) is 0 Å². The lowest BCUT2D eigenvalue weighted by atomic mass is 9.33. The zero-order valence-corrected chi connectivity index (χ0v) is 21.8. The number of carbonyl (C=O) groups is 3. The molecule has 0 aliphatic heterocycles. The first-order valence-electron chi connectivity index (χ1n) is 13.4. The molecule has 3 aromatic rings. The van der Waals surface area contributed by atoms with Crippen molar-refractivity contribution in [3.05, 3.63) is 95.6 Å². The van der Waals surface area contributed by atoms with Crippen molar-refractivity contribution >= 4 is 18.0 Å². The molecule has 0 saturated heterocycles. The second-order valence-corrected chi connectivity index (χ2v) is 11.3. The number of fused-ring (bicyclic) bond motifs is 3. The van der Waals surface area contributed by atoms with Crippen molar-refractivity contribution in [2.75, 3.05) is 6.61 Å². The molecular weight excluding hydrogens is 494 g/mol. The maximum atomic E-state index is 12.9. The molecule has 0 heterocycles. The summed E-state index contributed by atoms with van der Waals surface area (Å²) in [6, 6.07) is 25.4. The van der Waals surface area contributed by atoms with Crippen LogP contribution < -0.4 is 5.32 Å². The fraction of sp³-hybridized carbons (Fsp3) is 0.344. The minimum absolute atomic E-state index is 0.00971. The monoisotopic (exact) mass is 525 g/mol. The molecule has 39 heavy (non-hydrogen) atoms. The second kappa shape index (κ2) is 9.56. The largest absolute Gasteiger partial charge is 0.478 e. The van der Waals surface area contributed by atoms with E-state index in [0.29, 0.717) is 19.3 Å². The van der Waals surface area contributed by atoms with Crippen LogP contribution in [0.4, 0.5) is 4.79 Å². The summed E-state index contributed by atoms with van der Waals surface area (Å²) in [4.78, 5) is 37.4. The molecule has 4 aliphatic carbocycles. The summed E-state index contributed by atoms with van der Waals surface area (Å²) in [7, 11) is 0. The topological polar surface area (TPSA) is 102 Å². The van der Waals surface area contributed by atoms with Gasteiger partial charge in [-0.1, -0.05) is 78.9 Å². The molecule has 2 N–H and O–H groups in total. The number of aliphatic carboxylic acids is 1. The van der Waals surface area contributed by atoms with E-state index in [4.69, 9.17) is 9.47 Å². The van der Waals surface area contributed by atoms with Crippen LogP contribution in [-0.4, -0.2) is 41.9 Å². The van der Waals surface area contributed by atoms with Crippen molar-refractivity contribution in [3.63, 3.8) is 0 Å². The minimum atomic E-state index is -1.22. The Hall–Kier alpha value is -4.13. The van der Waals surface area contributed by atoms with Gasteiger partial charge in [0.15, 0.2) is 0 Å². The summed E-state index contributed by atoms with van der Waals surface area (Å²) in [6.07, 6.45) is 0.146. The molecule has 200 valence electrons. The Morgan fingerprint density at radius 2 is 1.46 bits per heavy atom. The Balaban J connectivity index is 1.01. The van der Waals surface area contributed by atoms with Crippen LogP contribution in [0.15, 0.2) is 78.9 Å². The first-order chi connectivity index (χ1) is 18.8. The third kappa shape index (κ3) is 4.36. The van der Waals surface area contributed by atoms with E-state index in [1.54, 1.807) is 0 Å². The number of hydrogen-bond donors (Lipinski definition) is 2. The number of carbonyl (C=O) groups excluding carboxylic acids is 2. The Morgan fingerprint density at radius 1 is 0.897 bits per heavy atom. The molecular formula is C32H31NO6. The fourth-order valence-electron chi connectivity index (χ4n) is 6.77. The lowest BCUT2D eigenvalue weighted by molar-refractivity contribution is -0.239. The summed E-state index contributed by atoms with van der Waals surface area (Å²) in [5.74, 6) is -1.62. The van der Waals surface area contributed by atoms with E-state index in [-0.39, 0.29) is 30.4 Å². The van der Waals surface area contributed by atoms with Crippen LogP contribution in [0, 0.1) is 10.8 Å². The Labute approximate surface area is 227 Å². The van der Waals surface area contributed by atoms with Gasteiger partial charge >= 0.3 is 18.0 Å². The highest BCUT2D eigenvalue weighted by atomic mass is 16.6. The first kappa shape index (κ1) is 25.2. The van der Waals surface area contributed by atoms with Crippen LogP contribution in [0.3, 0.4) is 0 Å². The number of carboxylic acids is 1. The zero-order chi connectivity index (χ0) is 27.2. The zero-order valence-electron chi connectivity index (χ0n) is 21.8. The van der Waals surface area contributed by atoms with Crippen LogP contribution in [-0.2, 0) is 25.5 Å². The minimum Gasteiger partial charge on any atom is -0.478 e. The summed E-state index contributed by atoms with van der Waals surface area (Å²) >= 11 is 0. The maximum Gasteiger partial charge on any atom is 0.407 e. The quantitative estimate of drug-likeness (QED) is 0.367. The number of benzene rings is 3. The molecule has 0 radical (unpaired) electrons. The van der Waals surface area contributed by atoms with Gasteiger partial charge in [0.1, 0.15) is 6.61 Å². The molecule has 2 bridgehead atoms. The molecule has 7 nitrogen and oxygen atoms in total. The van der Waals surface area contributed by atoms with Crippen molar-refractivity contribution in [1.29, 1.82) is 0 Å². The van der Waals surface area contributed by atoms with E-state index in [1.165, 1.54) is 11.1 Å². The van der Waals surface area contributed by atoms with Gasteiger partial charge in [0.2, 0.25) is 6.10 Å². The SMILES string of the molecule is C[C@@H](NC(=O)OCC1c2ccccc2-c2ccccc21)C12CC(C(=O)O[C@@H](Cc3ccccc3)C(=O)O)(C1)C2. The Morgan fingerprint density at radius 3 is 2.05 bits per heavy atom. The van der Waals surface area contributed by atoms with E-state index >= 15 is 0 Å². The van der Waals surface area contributed by atoms with Gasteiger partial charge in [0.25, 0.3) is 0 Å². The lowest BCUT2D eigenvalue weighted by Crippen LogP contribution is -2.72. The molecule has 0 spiro atoms. The van der Waals surface area contributed by atoms with Gasteiger partial charge in [-0.2, -0.15) is 0 Å². The number of ether oxygens (including phenoxy) is 2. The van der Waals surface area contributed by atoms with Crippen molar-refractivity contribution < 1.29 is 29.0 Å². The highest BCUT2D eigenvalue weighted by molar-refractivity contribution is 5.85. The van der Waals surface area contributed by atoms with Gasteiger partial charge in [0.05, 0.1) is 5.41 Å². The second-order valence-electron chi connectivity index (χ2n) is 11.3. The first-order valence-corrected chi connectivity index (χ1v) is 13.4. The predicted octanol–water partition coefficient (Wildman–Crippen LogP) is 5.32. The third-order valence-electron chi connectivity index (χ3n) is 8.89. The summed E-state index contributed by atoms with van der Waals surface area (Å²) in [5.41, 5.74) is 4.63. The number of hydrogen-bond acceptors (Lipinski definition) is 5. The van der Waals surface area contributed by atoms with Gasteiger partial charge in [-0.25, -0.2) is 9.59 Å². The van der Waals surface area contributed by atoms with Gasteiger partial charge in [0, 0.05) is 18.4 Å². The lowest BCUT2D eigenvalue weighted by Gasteiger charge is -2.70. The van der Waals surface area contributed by atoms with Gasteiger partial charge in [-0.05, 0) is 59.4 Å². The molecule has 1 amide bonds. The molecule has 3 fully saturated rings. The smallest absolute Gasteiger partial charge is 0.407 e. The van der Waals surface area contributed by atoms with Crippen LogP contribution >= 0.6 is 0 Å². The van der Waals surface area contributed by atoms with Gasteiger partial charge in [-0.15, -0.1) is 0 Å². The van der Waals surface area contributed by atoms with Crippen molar-refractivity contribution in [2.45, 2.75) is 50.7 Å². The summed E-state index contributed by atoms with van der Waals surface area (Å²) in [5, 5.41) is 12.6. The van der Waals surface area contributed by atoms with E-state index < -0.39 is 29.6 Å².